The predicted octanol–water partition coefficient (Wildman–Crippen LogP) is 1.60. The quantitative estimate of drug-likeness (QED) is 0.715. The molecule has 1 aromatic rings. The van der Waals surface area contributed by atoms with Crippen molar-refractivity contribution < 1.29 is 13.2 Å². The van der Waals surface area contributed by atoms with E-state index in [1.807, 2.05) is 16.5 Å². The molecule has 0 radical (unpaired) electrons. The minimum absolute atomic E-state index is 0.0842. The smallest absolute Gasteiger partial charge is 0.233 e. The summed E-state index contributed by atoms with van der Waals surface area (Å²) in [6.07, 6.45) is 4.98. The summed E-state index contributed by atoms with van der Waals surface area (Å²) in [5.74, 6) is 1.50. The molecule has 3 rings (SSSR count). The van der Waals surface area contributed by atoms with Gasteiger partial charge in [-0.2, -0.15) is 0 Å². The largest absolute Gasteiger partial charge is 0.339 e. The van der Waals surface area contributed by atoms with Crippen LogP contribution in [0.15, 0.2) is 5.16 Å². The third kappa shape index (κ3) is 4.19. The van der Waals surface area contributed by atoms with Crippen LogP contribution in [0.5, 0.6) is 0 Å². The number of thioether (sulfide) groups is 1. The van der Waals surface area contributed by atoms with Gasteiger partial charge in [-0.3, -0.25) is 4.79 Å². The molecule has 0 N–H and O–H groups in total. The van der Waals surface area contributed by atoms with Gasteiger partial charge in [-0.15, -0.1) is 10.2 Å². The minimum Gasteiger partial charge on any atom is -0.339 e. The number of amides is 1. The number of carbonyl (C=O) groups excluding carboxylic acids is 1. The first-order chi connectivity index (χ1) is 11.9. The number of piperidine rings is 1. The van der Waals surface area contributed by atoms with Crippen LogP contribution in [-0.4, -0.2) is 63.8 Å². The Kier molecular flexibility index (Phi) is 5.72. The van der Waals surface area contributed by atoms with Gasteiger partial charge in [0.1, 0.15) is 5.82 Å². The topological polar surface area (TPSA) is 85.2 Å². The summed E-state index contributed by atoms with van der Waals surface area (Å²) >= 11 is 1.39. The third-order valence-corrected chi connectivity index (χ3v) is 7.98. The SMILES string of the molecule is CC[C@@H]1CCCCN1C(=O)CSc1nnc([C@@H]2CCS(=O)(=O)C2)n1C. The van der Waals surface area contributed by atoms with Gasteiger partial charge < -0.3 is 9.47 Å². The van der Waals surface area contributed by atoms with Crippen molar-refractivity contribution in [1.82, 2.24) is 19.7 Å². The summed E-state index contributed by atoms with van der Waals surface area (Å²) in [4.78, 5) is 14.6. The second-order valence-corrected chi connectivity index (χ2v) is 10.1. The molecule has 2 fully saturated rings. The first-order valence-corrected chi connectivity index (χ1v) is 11.7. The zero-order chi connectivity index (χ0) is 18.0. The van der Waals surface area contributed by atoms with E-state index >= 15 is 0 Å². The van der Waals surface area contributed by atoms with Crippen LogP contribution < -0.4 is 0 Å². The number of hydrogen-bond acceptors (Lipinski definition) is 6. The third-order valence-electron chi connectivity index (χ3n) is 5.21. The lowest BCUT2D eigenvalue weighted by molar-refractivity contribution is -0.132. The van der Waals surface area contributed by atoms with E-state index in [2.05, 4.69) is 17.1 Å². The van der Waals surface area contributed by atoms with E-state index in [4.69, 9.17) is 0 Å². The van der Waals surface area contributed by atoms with Gasteiger partial charge >= 0.3 is 0 Å². The molecule has 2 aliphatic heterocycles. The lowest BCUT2D eigenvalue weighted by atomic mass is 10.0. The summed E-state index contributed by atoms with van der Waals surface area (Å²) in [5, 5.41) is 9.04. The molecule has 25 heavy (non-hydrogen) atoms. The van der Waals surface area contributed by atoms with Crippen LogP contribution in [0.3, 0.4) is 0 Å². The molecule has 9 heteroatoms. The number of sulfone groups is 1. The molecule has 0 saturated carbocycles. The maximum atomic E-state index is 12.6. The Bertz CT molecular complexity index is 732. The molecule has 1 amide bonds. The molecule has 0 unspecified atom stereocenters. The van der Waals surface area contributed by atoms with Gasteiger partial charge in [0.15, 0.2) is 15.0 Å². The fourth-order valence-electron chi connectivity index (χ4n) is 3.77. The van der Waals surface area contributed by atoms with Crippen molar-refractivity contribution in [2.75, 3.05) is 23.8 Å². The minimum atomic E-state index is -2.95. The van der Waals surface area contributed by atoms with Gasteiger partial charge in [0.25, 0.3) is 0 Å². The lowest BCUT2D eigenvalue weighted by Gasteiger charge is -2.35. The molecular formula is C16H26N4O3S2. The van der Waals surface area contributed by atoms with E-state index in [0.717, 1.165) is 25.8 Å². The average molecular weight is 387 g/mol. The lowest BCUT2D eigenvalue weighted by Crippen LogP contribution is -2.44. The van der Waals surface area contributed by atoms with E-state index in [-0.39, 0.29) is 23.3 Å². The molecule has 3 heterocycles. The van der Waals surface area contributed by atoms with Gasteiger partial charge in [0, 0.05) is 25.6 Å². The second-order valence-electron chi connectivity index (χ2n) is 6.93. The maximum absolute atomic E-state index is 12.6. The predicted molar refractivity (Wildman–Crippen MR) is 97.4 cm³/mol. The molecule has 0 aromatic carbocycles. The van der Waals surface area contributed by atoms with Gasteiger partial charge in [0.2, 0.25) is 5.91 Å². The van der Waals surface area contributed by atoms with Crippen molar-refractivity contribution in [3.05, 3.63) is 5.82 Å². The van der Waals surface area contributed by atoms with Gasteiger partial charge in [-0.05, 0) is 32.1 Å². The van der Waals surface area contributed by atoms with Gasteiger partial charge in [-0.25, -0.2) is 8.42 Å². The van der Waals surface area contributed by atoms with E-state index in [0.29, 0.717) is 29.2 Å². The van der Waals surface area contributed by atoms with Crippen molar-refractivity contribution in [1.29, 1.82) is 0 Å². The second kappa shape index (κ2) is 7.65. The first-order valence-electron chi connectivity index (χ1n) is 8.93. The van der Waals surface area contributed by atoms with Crippen molar-refractivity contribution >= 4 is 27.5 Å². The van der Waals surface area contributed by atoms with Crippen LogP contribution in [0, 0.1) is 0 Å². The van der Waals surface area contributed by atoms with Crippen LogP contribution in [-0.2, 0) is 21.7 Å². The highest BCUT2D eigenvalue weighted by molar-refractivity contribution is 7.99. The average Bonchev–Trinajstić information content (AvgIpc) is 3.14. The van der Waals surface area contributed by atoms with Crippen molar-refractivity contribution in [2.24, 2.45) is 7.05 Å². The fraction of sp³-hybridized carbons (Fsp3) is 0.812. The molecule has 7 nitrogen and oxygen atoms in total. The highest BCUT2D eigenvalue weighted by Gasteiger charge is 2.33. The number of aromatic nitrogens is 3. The number of rotatable bonds is 5. The van der Waals surface area contributed by atoms with Crippen LogP contribution in [0.4, 0.5) is 0 Å². The maximum Gasteiger partial charge on any atom is 0.233 e. The monoisotopic (exact) mass is 386 g/mol. The van der Waals surface area contributed by atoms with Crippen LogP contribution in [0.25, 0.3) is 0 Å². The Morgan fingerprint density at radius 1 is 1.28 bits per heavy atom. The van der Waals surface area contributed by atoms with Crippen LogP contribution >= 0.6 is 11.8 Å². The molecule has 2 saturated heterocycles. The molecule has 0 bridgehead atoms. The summed E-state index contributed by atoms with van der Waals surface area (Å²) in [6.45, 7) is 2.98. The Morgan fingerprint density at radius 2 is 2.08 bits per heavy atom. The summed E-state index contributed by atoms with van der Waals surface area (Å²) < 4.78 is 25.2. The Morgan fingerprint density at radius 3 is 2.76 bits per heavy atom. The summed E-state index contributed by atoms with van der Waals surface area (Å²) in [5.41, 5.74) is 0. The van der Waals surface area contributed by atoms with Crippen molar-refractivity contribution in [2.45, 2.75) is 56.1 Å². The molecule has 2 atom stereocenters. The highest BCUT2D eigenvalue weighted by atomic mass is 32.2. The first kappa shape index (κ1) is 18.7. The molecule has 0 aliphatic carbocycles. The molecular weight excluding hydrogens is 360 g/mol. The Labute approximate surface area is 153 Å². The van der Waals surface area contributed by atoms with Crippen molar-refractivity contribution in [3.63, 3.8) is 0 Å². The number of nitrogens with zero attached hydrogens (tertiary/aromatic N) is 4. The number of hydrogen-bond donors (Lipinski definition) is 0. The van der Waals surface area contributed by atoms with Gasteiger partial charge in [-0.1, -0.05) is 18.7 Å². The van der Waals surface area contributed by atoms with Gasteiger partial charge in [0.05, 0.1) is 17.3 Å². The fourth-order valence-corrected chi connectivity index (χ4v) is 6.31. The summed E-state index contributed by atoms with van der Waals surface area (Å²) in [6, 6.07) is 0.362. The zero-order valence-electron chi connectivity index (χ0n) is 14.8. The summed E-state index contributed by atoms with van der Waals surface area (Å²) in [7, 11) is -1.10. The Balaban J connectivity index is 1.61. The van der Waals surface area contributed by atoms with E-state index in [1.165, 1.54) is 18.2 Å². The number of carbonyl (C=O) groups is 1. The van der Waals surface area contributed by atoms with E-state index in [1.54, 1.807) is 0 Å². The molecule has 2 aliphatic rings. The number of likely N-dealkylation sites (tertiary alicyclic amines) is 1. The standard InChI is InChI=1S/C16H26N4O3S2/c1-3-13-6-4-5-8-20(13)14(21)10-24-16-18-17-15(19(16)2)12-7-9-25(22,23)11-12/h12-13H,3-11H2,1-2H3/t12-,13-/m1/s1. The highest BCUT2D eigenvalue weighted by Crippen LogP contribution is 2.29. The zero-order valence-corrected chi connectivity index (χ0v) is 16.5. The Hall–Kier alpha value is -1.09. The normalized spacial score (nSPS) is 26.1. The molecule has 0 spiro atoms. The van der Waals surface area contributed by atoms with Crippen LogP contribution in [0.1, 0.15) is 50.8 Å². The van der Waals surface area contributed by atoms with E-state index < -0.39 is 9.84 Å². The molecule has 140 valence electrons. The van der Waals surface area contributed by atoms with Crippen molar-refractivity contribution in [3.8, 4) is 0 Å². The molecule has 1 aromatic heterocycles. The van der Waals surface area contributed by atoms with Crippen LogP contribution in [0.2, 0.25) is 0 Å². The van der Waals surface area contributed by atoms with E-state index in [9.17, 15) is 13.2 Å².